The number of nitrogens with one attached hydrogen (secondary N) is 2. The van der Waals surface area contributed by atoms with E-state index in [2.05, 4.69) is 15.5 Å². The molecule has 1 aliphatic rings. The van der Waals surface area contributed by atoms with E-state index < -0.39 is 11.6 Å². The van der Waals surface area contributed by atoms with Crippen LogP contribution in [0.1, 0.15) is 24.5 Å². The monoisotopic (exact) mass is 407 g/mol. The molecule has 0 saturated carbocycles. The normalized spacial score (nSPS) is 19.7. The van der Waals surface area contributed by atoms with E-state index in [0.29, 0.717) is 36.6 Å². The highest BCUT2D eigenvalue weighted by Crippen LogP contribution is 2.22. The Hall–Kier alpha value is -2.02. The van der Waals surface area contributed by atoms with Crippen LogP contribution in [0.15, 0.2) is 42.5 Å². The maximum absolute atomic E-state index is 13.9. The summed E-state index contributed by atoms with van der Waals surface area (Å²) in [6.45, 7) is 4.04. The van der Waals surface area contributed by atoms with E-state index in [-0.39, 0.29) is 24.5 Å². The van der Waals surface area contributed by atoms with Crippen LogP contribution in [0.2, 0.25) is 5.02 Å². The van der Waals surface area contributed by atoms with Crippen molar-refractivity contribution < 1.29 is 13.6 Å². The van der Waals surface area contributed by atoms with Gasteiger partial charge < -0.3 is 10.6 Å². The molecule has 1 amide bonds. The fraction of sp³-hybridized carbons (Fsp3) is 0.381. The Morgan fingerprint density at radius 3 is 2.64 bits per heavy atom. The number of benzene rings is 2. The zero-order chi connectivity index (χ0) is 20.1. The first-order valence-corrected chi connectivity index (χ1v) is 9.77. The lowest BCUT2D eigenvalue weighted by atomic mass is 10.1. The highest BCUT2D eigenvalue weighted by atomic mass is 35.5. The summed E-state index contributed by atoms with van der Waals surface area (Å²) in [4.78, 5) is 14.6. The van der Waals surface area contributed by atoms with Crippen LogP contribution in [-0.4, -0.2) is 36.0 Å². The van der Waals surface area contributed by atoms with Gasteiger partial charge in [-0.15, -0.1) is 0 Å². The van der Waals surface area contributed by atoms with Crippen molar-refractivity contribution in [3.63, 3.8) is 0 Å². The highest BCUT2D eigenvalue weighted by Gasteiger charge is 2.36. The first-order valence-electron chi connectivity index (χ1n) is 9.39. The number of likely N-dealkylation sites (tertiary alicyclic amines) is 1. The SMILES string of the molecule is CCNC(=O)[C@@H]1C[C@H](NCc2ccc(F)cc2F)CN1Cc1ccc(Cl)cc1. The predicted molar refractivity (Wildman–Crippen MR) is 106 cm³/mol. The van der Waals surface area contributed by atoms with Crippen molar-refractivity contribution in [1.29, 1.82) is 0 Å². The predicted octanol–water partition coefficient (Wildman–Crippen LogP) is 3.49. The van der Waals surface area contributed by atoms with E-state index in [1.807, 2.05) is 31.2 Å². The second-order valence-corrected chi connectivity index (χ2v) is 7.45. The van der Waals surface area contributed by atoms with E-state index in [9.17, 15) is 13.6 Å². The second kappa shape index (κ2) is 9.45. The summed E-state index contributed by atoms with van der Waals surface area (Å²) < 4.78 is 26.9. The number of rotatable bonds is 7. The Bertz CT molecular complexity index is 816. The maximum Gasteiger partial charge on any atom is 0.237 e. The van der Waals surface area contributed by atoms with Crippen LogP contribution in [0.3, 0.4) is 0 Å². The quantitative estimate of drug-likeness (QED) is 0.738. The van der Waals surface area contributed by atoms with Crippen molar-refractivity contribution in [3.05, 3.63) is 70.2 Å². The van der Waals surface area contributed by atoms with Gasteiger partial charge in [-0.3, -0.25) is 9.69 Å². The van der Waals surface area contributed by atoms with Gasteiger partial charge in [-0.2, -0.15) is 0 Å². The van der Waals surface area contributed by atoms with E-state index in [0.717, 1.165) is 11.6 Å². The summed E-state index contributed by atoms with van der Waals surface area (Å²) in [5.41, 5.74) is 1.48. The number of hydrogen-bond acceptors (Lipinski definition) is 3. The topological polar surface area (TPSA) is 44.4 Å². The van der Waals surface area contributed by atoms with Gasteiger partial charge in [-0.05, 0) is 37.1 Å². The molecule has 0 bridgehead atoms. The molecule has 2 atom stereocenters. The van der Waals surface area contributed by atoms with E-state index in [1.165, 1.54) is 12.1 Å². The lowest BCUT2D eigenvalue weighted by Gasteiger charge is -2.23. The molecule has 0 spiro atoms. The third kappa shape index (κ3) is 5.28. The molecule has 2 N–H and O–H groups in total. The van der Waals surface area contributed by atoms with E-state index >= 15 is 0 Å². The molecule has 0 aliphatic carbocycles. The van der Waals surface area contributed by atoms with Gasteiger partial charge in [-0.1, -0.05) is 29.8 Å². The van der Waals surface area contributed by atoms with Gasteiger partial charge in [0.1, 0.15) is 11.6 Å². The molecule has 1 saturated heterocycles. The van der Waals surface area contributed by atoms with Crippen LogP contribution in [0.25, 0.3) is 0 Å². The molecule has 1 heterocycles. The number of hydrogen-bond donors (Lipinski definition) is 2. The molecule has 0 radical (unpaired) electrons. The molecule has 150 valence electrons. The van der Waals surface area contributed by atoms with Crippen LogP contribution in [0.5, 0.6) is 0 Å². The second-order valence-electron chi connectivity index (χ2n) is 7.02. The number of carbonyl (C=O) groups excluding carboxylic acids is 1. The zero-order valence-electron chi connectivity index (χ0n) is 15.7. The van der Waals surface area contributed by atoms with Gasteiger partial charge >= 0.3 is 0 Å². The largest absolute Gasteiger partial charge is 0.355 e. The number of likely N-dealkylation sites (N-methyl/N-ethyl adjacent to an activating group) is 1. The van der Waals surface area contributed by atoms with Crippen molar-refractivity contribution in [1.82, 2.24) is 15.5 Å². The average molecular weight is 408 g/mol. The van der Waals surface area contributed by atoms with Gasteiger partial charge in [0.05, 0.1) is 6.04 Å². The molecule has 2 aromatic rings. The molecule has 0 unspecified atom stereocenters. The molecule has 3 rings (SSSR count). The van der Waals surface area contributed by atoms with Crippen molar-refractivity contribution in [3.8, 4) is 0 Å². The van der Waals surface area contributed by atoms with Gasteiger partial charge in [0.15, 0.2) is 0 Å². The van der Waals surface area contributed by atoms with E-state index in [1.54, 1.807) is 0 Å². The highest BCUT2D eigenvalue weighted by molar-refractivity contribution is 6.30. The molecular formula is C21H24ClF2N3O. The number of halogens is 3. The van der Waals surface area contributed by atoms with Crippen molar-refractivity contribution in [2.75, 3.05) is 13.1 Å². The maximum atomic E-state index is 13.9. The Balaban J connectivity index is 1.66. The first-order chi connectivity index (χ1) is 13.5. The number of nitrogens with zero attached hydrogens (tertiary/aromatic N) is 1. The van der Waals surface area contributed by atoms with Crippen LogP contribution < -0.4 is 10.6 Å². The van der Waals surface area contributed by atoms with Crippen LogP contribution in [0.4, 0.5) is 8.78 Å². The molecule has 7 heteroatoms. The number of carbonyl (C=O) groups is 1. The van der Waals surface area contributed by atoms with Crippen LogP contribution in [-0.2, 0) is 17.9 Å². The molecule has 1 fully saturated rings. The van der Waals surface area contributed by atoms with E-state index in [4.69, 9.17) is 11.6 Å². The summed E-state index contributed by atoms with van der Waals surface area (Å²) in [5.74, 6) is -1.16. The molecule has 0 aromatic heterocycles. The fourth-order valence-electron chi connectivity index (χ4n) is 3.53. The van der Waals surface area contributed by atoms with Crippen LogP contribution in [0, 0.1) is 11.6 Å². The summed E-state index contributed by atoms with van der Waals surface area (Å²) >= 11 is 5.95. The summed E-state index contributed by atoms with van der Waals surface area (Å²) in [6.07, 6.45) is 0.627. The third-order valence-corrected chi connectivity index (χ3v) is 5.20. The molecular weight excluding hydrogens is 384 g/mol. The average Bonchev–Trinajstić information content (AvgIpc) is 3.06. The third-order valence-electron chi connectivity index (χ3n) is 4.95. The van der Waals surface area contributed by atoms with Gasteiger partial charge in [0, 0.05) is 48.9 Å². The lowest BCUT2D eigenvalue weighted by Crippen LogP contribution is -2.42. The minimum absolute atomic E-state index is 0.00581. The van der Waals surface area contributed by atoms with Crippen molar-refractivity contribution in [2.45, 2.75) is 38.5 Å². The summed E-state index contributed by atoms with van der Waals surface area (Å²) in [7, 11) is 0. The van der Waals surface area contributed by atoms with Gasteiger partial charge in [0.2, 0.25) is 5.91 Å². The minimum Gasteiger partial charge on any atom is -0.355 e. The van der Waals surface area contributed by atoms with Crippen molar-refractivity contribution >= 4 is 17.5 Å². The number of amides is 1. The Morgan fingerprint density at radius 2 is 1.96 bits per heavy atom. The Kier molecular flexibility index (Phi) is 6.99. The minimum atomic E-state index is -0.590. The molecule has 4 nitrogen and oxygen atoms in total. The Morgan fingerprint density at radius 1 is 1.21 bits per heavy atom. The van der Waals surface area contributed by atoms with Crippen LogP contribution >= 0.6 is 11.6 Å². The smallest absolute Gasteiger partial charge is 0.237 e. The standard InChI is InChI=1S/C21H24ClF2N3O/c1-2-25-21(28)20-10-18(26-11-15-5-8-17(23)9-19(15)24)13-27(20)12-14-3-6-16(22)7-4-14/h3-9,18,20,26H,2,10-13H2,1H3,(H,25,28)/t18-,20-/m0/s1. The van der Waals surface area contributed by atoms with Gasteiger partial charge in [-0.25, -0.2) is 8.78 Å². The fourth-order valence-corrected chi connectivity index (χ4v) is 3.66. The van der Waals surface area contributed by atoms with Gasteiger partial charge in [0.25, 0.3) is 0 Å². The molecule has 28 heavy (non-hydrogen) atoms. The van der Waals surface area contributed by atoms with Crippen molar-refractivity contribution in [2.24, 2.45) is 0 Å². The summed E-state index contributed by atoms with van der Waals surface area (Å²) in [5, 5.41) is 6.87. The zero-order valence-corrected chi connectivity index (χ0v) is 16.5. The Labute approximate surface area is 168 Å². The molecule has 2 aromatic carbocycles. The summed E-state index contributed by atoms with van der Waals surface area (Å²) in [6, 6.07) is 10.9. The lowest BCUT2D eigenvalue weighted by molar-refractivity contribution is -0.125. The first kappa shape index (κ1) is 20.7. The molecule has 1 aliphatic heterocycles.